The molecule has 1 N–H and O–H groups in total. The van der Waals surface area contributed by atoms with Crippen LogP contribution in [0.15, 0.2) is 39.5 Å². The van der Waals surface area contributed by atoms with Crippen molar-refractivity contribution in [1.82, 2.24) is 5.32 Å². The molecule has 0 fully saturated rings. The SMILES string of the molecule is CCCNC(CCc1ccsc1)c1cc(F)cc(Br)c1. The molecule has 1 heterocycles. The lowest BCUT2D eigenvalue weighted by atomic mass is 10.00. The van der Waals surface area contributed by atoms with E-state index in [0.717, 1.165) is 35.8 Å². The van der Waals surface area contributed by atoms with Crippen LogP contribution in [0.25, 0.3) is 0 Å². The Morgan fingerprint density at radius 3 is 2.85 bits per heavy atom. The Morgan fingerprint density at radius 1 is 1.35 bits per heavy atom. The summed E-state index contributed by atoms with van der Waals surface area (Å²) in [5.74, 6) is -0.187. The fourth-order valence-corrected chi connectivity index (χ4v) is 3.41. The molecule has 0 saturated carbocycles. The smallest absolute Gasteiger partial charge is 0.124 e. The van der Waals surface area contributed by atoms with Gasteiger partial charge in [0.15, 0.2) is 0 Å². The van der Waals surface area contributed by atoms with Gasteiger partial charge in [0.05, 0.1) is 0 Å². The molecule has 0 amide bonds. The maximum absolute atomic E-state index is 13.6. The van der Waals surface area contributed by atoms with E-state index in [4.69, 9.17) is 0 Å². The van der Waals surface area contributed by atoms with Crippen LogP contribution < -0.4 is 5.32 Å². The Morgan fingerprint density at radius 2 is 2.20 bits per heavy atom. The molecular formula is C16H19BrFNS. The maximum atomic E-state index is 13.6. The minimum absolute atomic E-state index is 0.187. The predicted octanol–water partition coefficient (Wildman–Crippen LogP) is 5.32. The van der Waals surface area contributed by atoms with Gasteiger partial charge in [0.25, 0.3) is 0 Å². The topological polar surface area (TPSA) is 12.0 Å². The lowest BCUT2D eigenvalue weighted by Gasteiger charge is -2.19. The Bertz CT molecular complexity index is 507. The molecule has 0 bridgehead atoms. The van der Waals surface area contributed by atoms with Gasteiger partial charge < -0.3 is 5.32 Å². The Hall–Kier alpha value is -0.710. The molecule has 1 unspecified atom stereocenters. The highest BCUT2D eigenvalue weighted by Gasteiger charge is 2.13. The summed E-state index contributed by atoms with van der Waals surface area (Å²) in [7, 11) is 0. The zero-order chi connectivity index (χ0) is 14.4. The van der Waals surface area contributed by atoms with E-state index in [1.54, 1.807) is 17.4 Å². The molecule has 2 rings (SSSR count). The molecule has 0 spiro atoms. The number of thiophene rings is 1. The molecule has 108 valence electrons. The van der Waals surface area contributed by atoms with Crippen molar-refractivity contribution in [2.24, 2.45) is 0 Å². The molecule has 1 aromatic heterocycles. The van der Waals surface area contributed by atoms with Crippen molar-refractivity contribution in [2.75, 3.05) is 6.54 Å². The summed E-state index contributed by atoms with van der Waals surface area (Å²) in [6, 6.07) is 7.49. The third-order valence-corrected chi connectivity index (χ3v) is 4.42. The van der Waals surface area contributed by atoms with Crippen LogP contribution in [0.4, 0.5) is 4.39 Å². The predicted molar refractivity (Wildman–Crippen MR) is 87.8 cm³/mol. The van der Waals surface area contributed by atoms with E-state index in [-0.39, 0.29) is 11.9 Å². The first kappa shape index (κ1) is 15.7. The fraction of sp³-hybridized carbons (Fsp3) is 0.375. The molecular weight excluding hydrogens is 337 g/mol. The van der Waals surface area contributed by atoms with Crippen LogP contribution in [0.1, 0.15) is 36.9 Å². The molecule has 0 aliphatic heterocycles. The standard InChI is InChI=1S/C16H19BrFNS/c1-2-6-19-16(4-3-12-5-7-20-11-12)13-8-14(17)10-15(18)9-13/h5,7-11,16,19H,2-4,6H2,1H3. The highest BCUT2D eigenvalue weighted by molar-refractivity contribution is 9.10. The van der Waals surface area contributed by atoms with Crippen LogP contribution in [0.2, 0.25) is 0 Å². The first-order chi connectivity index (χ1) is 9.69. The zero-order valence-corrected chi connectivity index (χ0v) is 13.9. The van der Waals surface area contributed by atoms with Gasteiger partial charge in [-0.2, -0.15) is 11.3 Å². The normalized spacial score (nSPS) is 12.6. The molecule has 1 aromatic carbocycles. The van der Waals surface area contributed by atoms with Crippen LogP contribution in [0, 0.1) is 5.82 Å². The van der Waals surface area contributed by atoms with Crippen molar-refractivity contribution in [1.29, 1.82) is 0 Å². The minimum atomic E-state index is -0.187. The second-order valence-corrected chi connectivity index (χ2v) is 6.58. The van der Waals surface area contributed by atoms with E-state index < -0.39 is 0 Å². The number of halogens is 2. The van der Waals surface area contributed by atoms with Gasteiger partial charge in [-0.15, -0.1) is 0 Å². The van der Waals surface area contributed by atoms with Crippen molar-refractivity contribution in [3.05, 3.63) is 56.4 Å². The average Bonchev–Trinajstić information content (AvgIpc) is 2.91. The van der Waals surface area contributed by atoms with E-state index in [1.807, 2.05) is 6.07 Å². The maximum Gasteiger partial charge on any atom is 0.124 e. The van der Waals surface area contributed by atoms with Gasteiger partial charge in [0, 0.05) is 10.5 Å². The molecule has 4 heteroatoms. The van der Waals surface area contributed by atoms with Crippen LogP contribution in [-0.4, -0.2) is 6.54 Å². The third kappa shape index (κ3) is 4.69. The summed E-state index contributed by atoms with van der Waals surface area (Å²) in [6.07, 6.45) is 3.07. The van der Waals surface area contributed by atoms with Gasteiger partial charge in [-0.25, -0.2) is 4.39 Å². The number of rotatable bonds is 7. The van der Waals surface area contributed by atoms with Crippen molar-refractivity contribution >= 4 is 27.3 Å². The summed E-state index contributed by atoms with van der Waals surface area (Å²) in [6.45, 7) is 3.09. The molecule has 0 aliphatic carbocycles. The van der Waals surface area contributed by atoms with E-state index >= 15 is 0 Å². The highest BCUT2D eigenvalue weighted by Crippen LogP contribution is 2.24. The molecule has 2 aromatic rings. The molecule has 0 saturated heterocycles. The second kappa shape index (κ2) is 7.91. The lowest BCUT2D eigenvalue weighted by molar-refractivity contribution is 0.495. The van der Waals surface area contributed by atoms with Gasteiger partial charge >= 0.3 is 0 Å². The summed E-state index contributed by atoms with van der Waals surface area (Å²) in [4.78, 5) is 0. The quantitative estimate of drug-likeness (QED) is 0.708. The van der Waals surface area contributed by atoms with Gasteiger partial charge in [-0.3, -0.25) is 0 Å². The first-order valence-electron chi connectivity index (χ1n) is 6.89. The number of nitrogens with one attached hydrogen (secondary N) is 1. The summed E-state index contributed by atoms with van der Waals surface area (Å²) < 4.78 is 14.4. The minimum Gasteiger partial charge on any atom is -0.310 e. The van der Waals surface area contributed by atoms with Gasteiger partial charge in [-0.1, -0.05) is 22.9 Å². The van der Waals surface area contributed by atoms with Crippen molar-refractivity contribution in [3.8, 4) is 0 Å². The van der Waals surface area contributed by atoms with E-state index in [2.05, 4.69) is 45.0 Å². The molecule has 1 atom stereocenters. The number of hydrogen-bond donors (Lipinski definition) is 1. The fourth-order valence-electron chi connectivity index (χ4n) is 2.23. The molecule has 0 radical (unpaired) electrons. The van der Waals surface area contributed by atoms with Crippen molar-refractivity contribution in [2.45, 2.75) is 32.2 Å². The first-order valence-corrected chi connectivity index (χ1v) is 8.63. The average molecular weight is 356 g/mol. The monoisotopic (exact) mass is 355 g/mol. The van der Waals surface area contributed by atoms with Gasteiger partial charge in [0.2, 0.25) is 0 Å². The third-order valence-electron chi connectivity index (χ3n) is 3.23. The van der Waals surface area contributed by atoms with E-state index in [9.17, 15) is 4.39 Å². The van der Waals surface area contributed by atoms with Crippen LogP contribution >= 0.6 is 27.3 Å². The number of aryl methyl sites for hydroxylation is 1. The Labute approximate surface area is 132 Å². The second-order valence-electron chi connectivity index (χ2n) is 4.88. The zero-order valence-electron chi connectivity index (χ0n) is 11.5. The summed E-state index contributed by atoms with van der Waals surface area (Å²) in [5, 5.41) is 7.80. The van der Waals surface area contributed by atoms with E-state index in [0.29, 0.717) is 0 Å². The van der Waals surface area contributed by atoms with E-state index in [1.165, 1.54) is 11.6 Å². The molecule has 20 heavy (non-hydrogen) atoms. The van der Waals surface area contributed by atoms with Crippen molar-refractivity contribution < 1.29 is 4.39 Å². The molecule has 0 aliphatic rings. The van der Waals surface area contributed by atoms with Crippen LogP contribution in [0.5, 0.6) is 0 Å². The largest absolute Gasteiger partial charge is 0.310 e. The number of hydrogen-bond acceptors (Lipinski definition) is 2. The van der Waals surface area contributed by atoms with Crippen LogP contribution in [-0.2, 0) is 6.42 Å². The lowest BCUT2D eigenvalue weighted by Crippen LogP contribution is -2.22. The van der Waals surface area contributed by atoms with Gasteiger partial charge in [0.1, 0.15) is 5.82 Å². The summed E-state index contributed by atoms with van der Waals surface area (Å²) in [5.41, 5.74) is 2.37. The van der Waals surface area contributed by atoms with Crippen molar-refractivity contribution in [3.63, 3.8) is 0 Å². The highest BCUT2D eigenvalue weighted by atomic mass is 79.9. The summed E-state index contributed by atoms with van der Waals surface area (Å²) >= 11 is 5.10. The van der Waals surface area contributed by atoms with Gasteiger partial charge in [-0.05, 0) is 72.0 Å². The van der Waals surface area contributed by atoms with Crippen LogP contribution in [0.3, 0.4) is 0 Å². The Balaban J connectivity index is 2.09. The Kier molecular flexibility index (Phi) is 6.20. The number of benzene rings is 1. The molecule has 1 nitrogen and oxygen atoms in total.